The third-order valence-electron chi connectivity index (χ3n) is 5.69. The highest BCUT2D eigenvalue weighted by Crippen LogP contribution is 2.35. The van der Waals surface area contributed by atoms with E-state index in [1.165, 1.54) is 33.0 Å². The molecule has 0 spiro atoms. The quantitative estimate of drug-likeness (QED) is 0.619. The van der Waals surface area contributed by atoms with Gasteiger partial charge in [-0.1, -0.05) is 6.07 Å². The van der Waals surface area contributed by atoms with E-state index in [0.29, 0.717) is 22.8 Å². The average molecular weight is 456 g/mol. The molecule has 1 aliphatic rings. The molecule has 1 N–H and O–H groups in total. The molecule has 2 aromatic carbocycles. The van der Waals surface area contributed by atoms with Crippen LogP contribution in [0, 0.1) is 20.8 Å². The van der Waals surface area contributed by atoms with Gasteiger partial charge in [-0.25, -0.2) is 13.4 Å². The Morgan fingerprint density at radius 2 is 1.84 bits per heavy atom. The van der Waals surface area contributed by atoms with Gasteiger partial charge in [-0.2, -0.15) is 0 Å². The van der Waals surface area contributed by atoms with Gasteiger partial charge in [0.25, 0.3) is 5.91 Å². The molecule has 0 aliphatic carbocycles. The fourth-order valence-corrected chi connectivity index (χ4v) is 6.08. The van der Waals surface area contributed by atoms with Gasteiger partial charge in [0.15, 0.2) is 5.13 Å². The standard InChI is InChI=1S/C23H25N3O3S2/c1-13-8-15(3)19(9-14(13)2)20-12-30-23(24-20)25-22(27)17-6-7-21-18(11-17)10-16(4)26(21)31(5,28)29/h6-9,11-12,16H,10H2,1-5H3,(H,24,25,27). The number of nitrogens with zero attached hydrogens (tertiary/aromatic N) is 2. The first kappa shape index (κ1) is 21.5. The molecule has 1 aromatic heterocycles. The Bertz CT molecular complexity index is 1300. The van der Waals surface area contributed by atoms with Crippen LogP contribution in [0.1, 0.15) is 39.5 Å². The second-order valence-corrected chi connectivity index (χ2v) is 10.9. The predicted octanol–water partition coefficient (Wildman–Crippen LogP) is 4.70. The summed E-state index contributed by atoms with van der Waals surface area (Å²) in [4.78, 5) is 17.4. The zero-order chi connectivity index (χ0) is 22.5. The van der Waals surface area contributed by atoms with E-state index < -0.39 is 10.0 Å². The number of hydrogen-bond acceptors (Lipinski definition) is 5. The molecule has 8 heteroatoms. The summed E-state index contributed by atoms with van der Waals surface area (Å²) in [5, 5.41) is 5.35. The van der Waals surface area contributed by atoms with Crippen LogP contribution in [0.3, 0.4) is 0 Å². The molecule has 6 nitrogen and oxygen atoms in total. The first-order valence-electron chi connectivity index (χ1n) is 10.0. The lowest BCUT2D eigenvalue weighted by molar-refractivity contribution is 0.102. The Morgan fingerprint density at radius 3 is 2.55 bits per heavy atom. The topological polar surface area (TPSA) is 79.4 Å². The Morgan fingerprint density at radius 1 is 1.13 bits per heavy atom. The van der Waals surface area contributed by atoms with Gasteiger partial charge in [0.1, 0.15) is 0 Å². The van der Waals surface area contributed by atoms with Gasteiger partial charge in [-0.05, 0) is 80.6 Å². The molecule has 31 heavy (non-hydrogen) atoms. The fraction of sp³-hybridized carbons (Fsp3) is 0.304. The van der Waals surface area contributed by atoms with E-state index in [0.717, 1.165) is 22.4 Å². The molecule has 1 atom stereocenters. The maximum Gasteiger partial charge on any atom is 0.257 e. The monoisotopic (exact) mass is 455 g/mol. The lowest BCUT2D eigenvalue weighted by Crippen LogP contribution is -2.34. The van der Waals surface area contributed by atoms with Gasteiger partial charge in [-0.15, -0.1) is 11.3 Å². The van der Waals surface area contributed by atoms with E-state index in [-0.39, 0.29) is 11.9 Å². The largest absolute Gasteiger partial charge is 0.298 e. The Kier molecular flexibility index (Phi) is 5.39. The highest BCUT2D eigenvalue weighted by Gasteiger charge is 2.32. The molecular weight excluding hydrogens is 430 g/mol. The molecule has 1 amide bonds. The highest BCUT2D eigenvalue weighted by molar-refractivity contribution is 7.92. The molecule has 2 heterocycles. The van der Waals surface area contributed by atoms with Crippen LogP contribution < -0.4 is 9.62 Å². The van der Waals surface area contributed by atoms with Gasteiger partial charge in [0.05, 0.1) is 17.6 Å². The lowest BCUT2D eigenvalue weighted by atomic mass is 9.99. The third kappa shape index (κ3) is 4.09. The summed E-state index contributed by atoms with van der Waals surface area (Å²) in [5.74, 6) is -0.258. The van der Waals surface area contributed by atoms with E-state index in [9.17, 15) is 13.2 Å². The normalized spacial score (nSPS) is 15.8. The average Bonchev–Trinajstić information content (AvgIpc) is 3.26. The number of carbonyl (C=O) groups excluding carboxylic acids is 1. The van der Waals surface area contributed by atoms with E-state index in [1.807, 2.05) is 12.3 Å². The number of carbonyl (C=O) groups is 1. The van der Waals surface area contributed by atoms with Crippen molar-refractivity contribution < 1.29 is 13.2 Å². The molecule has 0 fully saturated rings. The number of rotatable bonds is 4. The molecule has 0 saturated carbocycles. The van der Waals surface area contributed by atoms with Crippen molar-refractivity contribution in [2.75, 3.05) is 15.9 Å². The maximum absolute atomic E-state index is 12.8. The minimum Gasteiger partial charge on any atom is -0.298 e. The summed E-state index contributed by atoms with van der Waals surface area (Å²) in [6, 6.07) is 9.25. The molecule has 0 saturated heterocycles. The van der Waals surface area contributed by atoms with Gasteiger partial charge < -0.3 is 0 Å². The maximum atomic E-state index is 12.8. The van der Waals surface area contributed by atoms with Crippen molar-refractivity contribution in [2.45, 2.75) is 40.2 Å². The summed E-state index contributed by atoms with van der Waals surface area (Å²) in [6.07, 6.45) is 1.79. The van der Waals surface area contributed by atoms with Crippen LogP contribution in [0.25, 0.3) is 11.3 Å². The van der Waals surface area contributed by atoms with Crippen molar-refractivity contribution in [3.05, 3.63) is 63.5 Å². The number of anilines is 2. The Labute approximate surface area is 187 Å². The third-order valence-corrected chi connectivity index (χ3v) is 7.72. The summed E-state index contributed by atoms with van der Waals surface area (Å²) >= 11 is 1.39. The first-order valence-corrected chi connectivity index (χ1v) is 12.7. The van der Waals surface area contributed by atoms with E-state index in [4.69, 9.17) is 0 Å². The Balaban J connectivity index is 1.56. The van der Waals surface area contributed by atoms with Crippen LogP contribution in [0.4, 0.5) is 10.8 Å². The predicted molar refractivity (Wildman–Crippen MR) is 127 cm³/mol. The van der Waals surface area contributed by atoms with Gasteiger partial charge in [0, 0.05) is 22.5 Å². The number of aromatic nitrogens is 1. The van der Waals surface area contributed by atoms with E-state index in [1.54, 1.807) is 18.2 Å². The van der Waals surface area contributed by atoms with Crippen molar-refractivity contribution in [2.24, 2.45) is 0 Å². The number of thiazole rings is 1. The number of fused-ring (bicyclic) bond motifs is 1. The highest BCUT2D eigenvalue weighted by atomic mass is 32.2. The lowest BCUT2D eigenvalue weighted by Gasteiger charge is -2.21. The molecule has 0 radical (unpaired) electrons. The van der Waals surface area contributed by atoms with E-state index in [2.05, 4.69) is 43.2 Å². The summed E-state index contributed by atoms with van der Waals surface area (Å²) in [5.41, 5.74) is 7.49. The second kappa shape index (κ2) is 7.76. The van der Waals surface area contributed by atoms with Gasteiger partial charge in [-0.3, -0.25) is 14.4 Å². The van der Waals surface area contributed by atoms with Crippen molar-refractivity contribution in [3.63, 3.8) is 0 Å². The Hall–Kier alpha value is -2.71. The molecule has 0 bridgehead atoms. The molecule has 3 aromatic rings. The van der Waals surface area contributed by atoms with Crippen molar-refractivity contribution >= 4 is 38.1 Å². The number of nitrogens with one attached hydrogen (secondary N) is 1. The van der Waals surface area contributed by atoms with Crippen LogP contribution in [0.15, 0.2) is 35.7 Å². The van der Waals surface area contributed by atoms with Crippen molar-refractivity contribution in [1.82, 2.24) is 4.98 Å². The smallest absolute Gasteiger partial charge is 0.257 e. The first-order chi connectivity index (χ1) is 14.5. The second-order valence-electron chi connectivity index (χ2n) is 8.20. The molecule has 4 rings (SSSR count). The van der Waals surface area contributed by atoms with Crippen molar-refractivity contribution in [3.8, 4) is 11.3 Å². The number of sulfonamides is 1. The molecule has 1 unspecified atom stereocenters. The molecule has 1 aliphatic heterocycles. The van der Waals surface area contributed by atoms with Crippen molar-refractivity contribution in [1.29, 1.82) is 0 Å². The number of benzene rings is 2. The molecular formula is C23H25N3O3S2. The zero-order valence-corrected chi connectivity index (χ0v) is 19.8. The summed E-state index contributed by atoms with van der Waals surface area (Å²) < 4.78 is 25.6. The van der Waals surface area contributed by atoms with Crippen LogP contribution in [-0.2, 0) is 16.4 Å². The van der Waals surface area contributed by atoms with Gasteiger partial charge in [0.2, 0.25) is 10.0 Å². The number of aryl methyl sites for hydroxylation is 3. The van der Waals surface area contributed by atoms with Crippen LogP contribution >= 0.6 is 11.3 Å². The SMILES string of the molecule is Cc1cc(C)c(-c2csc(NC(=O)c3ccc4c(c3)CC(C)N4S(C)(=O)=O)n2)cc1C. The summed E-state index contributed by atoms with van der Waals surface area (Å²) in [7, 11) is -3.36. The summed E-state index contributed by atoms with van der Waals surface area (Å²) in [6.45, 7) is 8.09. The molecule has 162 valence electrons. The number of hydrogen-bond donors (Lipinski definition) is 1. The number of amides is 1. The fourth-order valence-electron chi connectivity index (χ4n) is 4.11. The van der Waals surface area contributed by atoms with Crippen LogP contribution in [-0.4, -0.2) is 31.6 Å². The minimum atomic E-state index is -3.36. The minimum absolute atomic E-state index is 0.161. The van der Waals surface area contributed by atoms with Gasteiger partial charge >= 0.3 is 0 Å². The van der Waals surface area contributed by atoms with E-state index >= 15 is 0 Å². The zero-order valence-electron chi connectivity index (χ0n) is 18.2. The van der Waals surface area contributed by atoms with Crippen LogP contribution in [0.5, 0.6) is 0 Å². The van der Waals surface area contributed by atoms with Crippen LogP contribution in [0.2, 0.25) is 0 Å².